The molecular formula is C19H16ClFN4. The molecule has 4 nitrogen and oxygen atoms in total. The molecule has 0 aliphatic rings. The normalized spacial score (nSPS) is 11.4. The van der Waals surface area contributed by atoms with Gasteiger partial charge in [0.2, 0.25) is 0 Å². The molecule has 0 bridgehead atoms. The molecule has 0 aliphatic heterocycles. The lowest BCUT2D eigenvalue weighted by Crippen LogP contribution is -2.04. The van der Waals surface area contributed by atoms with Crippen molar-refractivity contribution >= 4 is 22.6 Å². The summed E-state index contributed by atoms with van der Waals surface area (Å²) < 4.78 is 17.3. The summed E-state index contributed by atoms with van der Waals surface area (Å²) in [5.74, 6) is 0.489. The van der Waals surface area contributed by atoms with Crippen LogP contribution in [0.5, 0.6) is 0 Å². The Kier molecular flexibility index (Phi) is 3.62. The average molecular weight is 355 g/mol. The number of benzene rings is 2. The van der Waals surface area contributed by atoms with E-state index >= 15 is 0 Å². The largest absolute Gasteiger partial charge is 0.282 e. The van der Waals surface area contributed by atoms with Gasteiger partial charge in [0, 0.05) is 18.2 Å². The second-order valence-corrected chi connectivity index (χ2v) is 6.50. The van der Waals surface area contributed by atoms with Crippen molar-refractivity contribution in [1.82, 2.24) is 19.3 Å². The van der Waals surface area contributed by atoms with Gasteiger partial charge >= 0.3 is 0 Å². The first-order chi connectivity index (χ1) is 12.0. The first-order valence-electron chi connectivity index (χ1n) is 7.89. The molecule has 4 rings (SSSR count). The fourth-order valence-corrected chi connectivity index (χ4v) is 3.59. The van der Waals surface area contributed by atoms with Crippen molar-refractivity contribution in [3.05, 3.63) is 64.8 Å². The molecule has 0 saturated heterocycles. The third-order valence-corrected chi connectivity index (χ3v) is 4.70. The highest BCUT2D eigenvalue weighted by Gasteiger charge is 2.21. The fourth-order valence-electron chi connectivity index (χ4n) is 3.33. The Bertz CT molecular complexity index is 1110. The molecule has 2 aromatic carbocycles. The summed E-state index contributed by atoms with van der Waals surface area (Å²) in [7, 11) is 1.88. The average Bonchev–Trinajstić information content (AvgIpc) is 3.09. The molecule has 0 N–H and O–H groups in total. The van der Waals surface area contributed by atoms with Crippen LogP contribution < -0.4 is 0 Å². The highest BCUT2D eigenvalue weighted by molar-refractivity contribution is 6.33. The quantitative estimate of drug-likeness (QED) is 0.516. The monoisotopic (exact) mass is 354 g/mol. The summed E-state index contributed by atoms with van der Waals surface area (Å²) in [4.78, 5) is 4.51. The van der Waals surface area contributed by atoms with E-state index in [0.717, 1.165) is 39.2 Å². The van der Waals surface area contributed by atoms with Gasteiger partial charge in [-0.1, -0.05) is 23.7 Å². The van der Waals surface area contributed by atoms with E-state index in [4.69, 9.17) is 11.6 Å². The van der Waals surface area contributed by atoms with Gasteiger partial charge < -0.3 is 0 Å². The number of rotatable bonds is 2. The highest BCUT2D eigenvalue weighted by Crippen LogP contribution is 2.36. The minimum atomic E-state index is -0.360. The van der Waals surface area contributed by atoms with Crippen molar-refractivity contribution in [3.63, 3.8) is 0 Å². The Labute approximate surface area is 149 Å². The molecule has 0 fully saturated rings. The molecule has 0 radical (unpaired) electrons. The van der Waals surface area contributed by atoms with Crippen LogP contribution in [0.3, 0.4) is 0 Å². The van der Waals surface area contributed by atoms with Crippen molar-refractivity contribution in [2.24, 2.45) is 7.05 Å². The predicted molar refractivity (Wildman–Crippen MR) is 97.7 cm³/mol. The molecule has 126 valence electrons. The maximum Gasteiger partial charge on any atom is 0.144 e. The zero-order valence-corrected chi connectivity index (χ0v) is 14.8. The van der Waals surface area contributed by atoms with E-state index in [0.29, 0.717) is 5.02 Å². The molecule has 2 aromatic heterocycles. The van der Waals surface area contributed by atoms with E-state index < -0.39 is 0 Å². The molecule has 0 spiro atoms. The first kappa shape index (κ1) is 15.8. The van der Waals surface area contributed by atoms with Gasteiger partial charge in [-0.25, -0.2) is 9.37 Å². The number of hydrogen-bond donors (Lipinski definition) is 0. The maximum absolute atomic E-state index is 13.5. The van der Waals surface area contributed by atoms with Gasteiger partial charge in [0.05, 0.1) is 21.7 Å². The molecule has 4 aromatic rings. The van der Waals surface area contributed by atoms with Crippen LogP contribution in [0.15, 0.2) is 42.7 Å². The van der Waals surface area contributed by atoms with Crippen LogP contribution in [0, 0.1) is 19.7 Å². The number of hydrogen-bond acceptors (Lipinski definition) is 2. The van der Waals surface area contributed by atoms with Crippen LogP contribution in [-0.4, -0.2) is 19.3 Å². The lowest BCUT2D eigenvalue weighted by atomic mass is 10.1. The van der Waals surface area contributed by atoms with Crippen LogP contribution in [0.25, 0.3) is 28.0 Å². The van der Waals surface area contributed by atoms with Gasteiger partial charge in [-0.05, 0) is 43.7 Å². The van der Waals surface area contributed by atoms with Gasteiger partial charge in [0.1, 0.15) is 18.0 Å². The third-order valence-electron chi connectivity index (χ3n) is 4.39. The van der Waals surface area contributed by atoms with E-state index in [2.05, 4.69) is 10.1 Å². The van der Waals surface area contributed by atoms with Gasteiger partial charge in [0.25, 0.3) is 0 Å². The summed E-state index contributed by atoms with van der Waals surface area (Å²) in [6, 6.07) is 10.4. The smallest absolute Gasteiger partial charge is 0.144 e. The van der Waals surface area contributed by atoms with E-state index in [1.807, 2.05) is 43.7 Å². The molecule has 0 unspecified atom stereocenters. The Morgan fingerprint density at radius 3 is 2.68 bits per heavy atom. The van der Waals surface area contributed by atoms with Crippen molar-refractivity contribution in [2.45, 2.75) is 13.8 Å². The van der Waals surface area contributed by atoms with Crippen LogP contribution in [0.2, 0.25) is 5.02 Å². The van der Waals surface area contributed by atoms with Crippen molar-refractivity contribution in [2.75, 3.05) is 0 Å². The van der Waals surface area contributed by atoms with E-state index in [1.165, 1.54) is 12.1 Å². The molecule has 0 saturated carbocycles. The number of halogens is 2. The number of nitrogens with zero attached hydrogens (tertiary/aromatic N) is 4. The zero-order chi connectivity index (χ0) is 17.7. The van der Waals surface area contributed by atoms with E-state index in [-0.39, 0.29) is 5.82 Å². The molecule has 0 aliphatic carbocycles. The van der Waals surface area contributed by atoms with Gasteiger partial charge in [-0.2, -0.15) is 5.10 Å². The van der Waals surface area contributed by atoms with Gasteiger partial charge in [-0.3, -0.25) is 9.25 Å². The number of imidazole rings is 1. The lowest BCUT2D eigenvalue weighted by molar-refractivity contribution is 0.628. The minimum absolute atomic E-state index is 0.360. The van der Waals surface area contributed by atoms with Gasteiger partial charge in [-0.15, -0.1) is 0 Å². The van der Waals surface area contributed by atoms with E-state index in [9.17, 15) is 4.39 Å². The topological polar surface area (TPSA) is 35.6 Å². The standard InChI is InChI=1S/C19H16ClFN4/c1-11-5-4-6-16-18(11)25(10-22-16)19-17(12(2)23-24(19)3)14-8-7-13(21)9-15(14)20/h4-10H,1-3H3. The summed E-state index contributed by atoms with van der Waals surface area (Å²) in [5, 5.41) is 4.92. The summed E-state index contributed by atoms with van der Waals surface area (Å²) in [6.45, 7) is 3.97. The minimum Gasteiger partial charge on any atom is -0.282 e. The number of para-hydroxylation sites is 1. The molecule has 6 heteroatoms. The second kappa shape index (κ2) is 5.70. The Hall–Kier alpha value is -2.66. The SMILES string of the molecule is Cc1nn(C)c(-n2cnc3cccc(C)c32)c1-c1ccc(F)cc1Cl. The van der Waals surface area contributed by atoms with Crippen LogP contribution >= 0.6 is 11.6 Å². The highest BCUT2D eigenvalue weighted by atomic mass is 35.5. The van der Waals surface area contributed by atoms with Crippen molar-refractivity contribution < 1.29 is 4.39 Å². The number of aryl methyl sites for hydroxylation is 3. The van der Waals surface area contributed by atoms with Crippen LogP contribution in [-0.2, 0) is 7.05 Å². The summed E-state index contributed by atoms with van der Waals surface area (Å²) in [6.07, 6.45) is 1.79. The fraction of sp³-hybridized carbons (Fsp3) is 0.158. The lowest BCUT2D eigenvalue weighted by Gasteiger charge is -2.11. The van der Waals surface area contributed by atoms with Crippen molar-refractivity contribution in [1.29, 1.82) is 0 Å². The molecular weight excluding hydrogens is 339 g/mol. The Balaban J connectivity index is 2.06. The Morgan fingerprint density at radius 1 is 1.12 bits per heavy atom. The zero-order valence-electron chi connectivity index (χ0n) is 14.1. The summed E-state index contributed by atoms with van der Waals surface area (Å²) in [5.41, 5.74) is 5.49. The van der Waals surface area contributed by atoms with E-state index in [1.54, 1.807) is 17.1 Å². The maximum atomic E-state index is 13.5. The molecule has 0 amide bonds. The molecule has 2 heterocycles. The second-order valence-electron chi connectivity index (χ2n) is 6.09. The molecule has 0 atom stereocenters. The molecule has 25 heavy (non-hydrogen) atoms. The first-order valence-corrected chi connectivity index (χ1v) is 8.27. The van der Waals surface area contributed by atoms with Crippen molar-refractivity contribution in [3.8, 4) is 16.9 Å². The number of fused-ring (bicyclic) bond motifs is 1. The number of aromatic nitrogens is 4. The van der Waals surface area contributed by atoms with Crippen LogP contribution in [0.1, 0.15) is 11.3 Å². The van der Waals surface area contributed by atoms with Crippen LogP contribution in [0.4, 0.5) is 4.39 Å². The van der Waals surface area contributed by atoms with Gasteiger partial charge in [0.15, 0.2) is 0 Å². The summed E-state index contributed by atoms with van der Waals surface area (Å²) >= 11 is 6.33. The predicted octanol–water partition coefficient (Wildman–Crippen LogP) is 4.84. The Morgan fingerprint density at radius 2 is 1.92 bits per heavy atom. The third kappa shape index (κ3) is 2.43.